The van der Waals surface area contributed by atoms with Gasteiger partial charge in [0, 0.05) is 17.4 Å². The molecule has 1 aromatic carbocycles. The highest BCUT2D eigenvalue weighted by atomic mass is 32.2. The quantitative estimate of drug-likeness (QED) is 0.835. The Morgan fingerprint density at radius 1 is 1.33 bits per heavy atom. The minimum atomic E-state index is 0.104. The zero-order valence-electron chi connectivity index (χ0n) is 13.7. The number of aryl methyl sites for hydroxylation is 1. The van der Waals surface area contributed by atoms with E-state index in [0.717, 1.165) is 29.9 Å². The molecule has 5 nitrogen and oxygen atoms in total. The number of hydrogen-bond donors (Lipinski definition) is 2. The predicted molar refractivity (Wildman–Crippen MR) is 94.9 cm³/mol. The van der Waals surface area contributed by atoms with Gasteiger partial charge in [-0.05, 0) is 44.0 Å². The van der Waals surface area contributed by atoms with Gasteiger partial charge in [-0.1, -0.05) is 12.8 Å². The highest BCUT2D eigenvalue weighted by Crippen LogP contribution is 2.25. The fraction of sp³-hybridized carbons (Fsp3) is 0.444. The summed E-state index contributed by atoms with van der Waals surface area (Å²) in [4.78, 5) is 16.4. The molecule has 6 heteroatoms. The molecule has 0 spiro atoms. The van der Waals surface area contributed by atoms with Crippen LogP contribution in [0.2, 0.25) is 0 Å². The van der Waals surface area contributed by atoms with Crippen LogP contribution in [0.25, 0.3) is 11.5 Å². The third-order valence-electron chi connectivity index (χ3n) is 4.20. The Labute approximate surface area is 145 Å². The Kier molecular flexibility index (Phi) is 5.45. The molecule has 0 radical (unpaired) electrons. The number of phenols is 1. The molecular weight excluding hydrogens is 324 g/mol. The van der Waals surface area contributed by atoms with Gasteiger partial charge in [-0.25, -0.2) is 4.98 Å². The van der Waals surface area contributed by atoms with Crippen molar-refractivity contribution in [2.24, 2.45) is 0 Å². The molecule has 2 N–H and O–H groups in total. The van der Waals surface area contributed by atoms with Crippen molar-refractivity contribution < 1.29 is 14.3 Å². The largest absolute Gasteiger partial charge is 0.508 e. The number of benzene rings is 1. The summed E-state index contributed by atoms with van der Waals surface area (Å²) >= 11 is 1.55. The molecule has 1 aromatic heterocycles. The first-order chi connectivity index (χ1) is 11.6. The molecular formula is C18H22N2O3S. The van der Waals surface area contributed by atoms with Crippen molar-refractivity contribution in [1.82, 2.24) is 10.3 Å². The number of oxazole rings is 1. The molecule has 1 aliphatic rings. The van der Waals surface area contributed by atoms with Crippen LogP contribution in [-0.2, 0) is 10.5 Å². The number of aromatic hydroxyl groups is 1. The average molecular weight is 346 g/mol. The molecule has 0 aliphatic heterocycles. The second-order valence-corrected chi connectivity index (χ2v) is 7.10. The fourth-order valence-corrected chi connectivity index (χ4v) is 3.70. The van der Waals surface area contributed by atoms with Crippen LogP contribution >= 0.6 is 11.8 Å². The Balaban J connectivity index is 1.52. The number of carbonyl (C=O) groups excluding carboxylic acids is 1. The molecule has 0 bridgehead atoms. The number of nitrogens with one attached hydrogen (secondary N) is 1. The van der Waals surface area contributed by atoms with Crippen molar-refractivity contribution in [2.75, 3.05) is 5.75 Å². The number of nitrogens with zero attached hydrogens (tertiary/aromatic N) is 1. The first-order valence-electron chi connectivity index (χ1n) is 8.24. The van der Waals surface area contributed by atoms with Crippen LogP contribution < -0.4 is 5.32 Å². The highest BCUT2D eigenvalue weighted by molar-refractivity contribution is 7.99. The topological polar surface area (TPSA) is 75.4 Å². The zero-order valence-corrected chi connectivity index (χ0v) is 14.6. The van der Waals surface area contributed by atoms with Crippen molar-refractivity contribution in [3.8, 4) is 17.2 Å². The number of rotatable bonds is 6. The summed E-state index contributed by atoms with van der Waals surface area (Å²) in [6.07, 6.45) is 4.65. The standard InChI is InChI=1S/C18H22N2O3S/c1-12-16(10-24-11-17(22)19-14-4-2-3-5-14)20-18(23-12)13-6-8-15(21)9-7-13/h6-9,14,21H,2-5,10-11H2,1H3,(H,19,22). The summed E-state index contributed by atoms with van der Waals surface area (Å²) in [6, 6.07) is 7.12. The van der Waals surface area contributed by atoms with Gasteiger partial charge >= 0.3 is 0 Å². The fourth-order valence-electron chi connectivity index (χ4n) is 2.87. The second kappa shape index (κ2) is 7.75. The van der Waals surface area contributed by atoms with Crippen LogP contribution in [0.1, 0.15) is 37.1 Å². The molecule has 0 saturated heterocycles. The molecule has 1 aliphatic carbocycles. The lowest BCUT2D eigenvalue weighted by Gasteiger charge is -2.11. The van der Waals surface area contributed by atoms with E-state index < -0.39 is 0 Å². The predicted octanol–water partition coefficient (Wildman–Crippen LogP) is 3.65. The third-order valence-corrected chi connectivity index (χ3v) is 5.14. The van der Waals surface area contributed by atoms with Gasteiger partial charge in [0.2, 0.25) is 11.8 Å². The number of aromatic nitrogens is 1. The summed E-state index contributed by atoms with van der Waals surface area (Å²) in [6.45, 7) is 1.88. The Morgan fingerprint density at radius 3 is 2.75 bits per heavy atom. The van der Waals surface area contributed by atoms with Crippen molar-refractivity contribution in [1.29, 1.82) is 0 Å². The minimum absolute atomic E-state index is 0.104. The molecule has 1 saturated carbocycles. The summed E-state index contributed by atoms with van der Waals surface area (Å²) in [5, 5.41) is 12.4. The highest BCUT2D eigenvalue weighted by Gasteiger charge is 2.17. The average Bonchev–Trinajstić information content (AvgIpc) is 3.18. The molecule has 1 fully saturated rings. The van der Waals surface area contributed by atoms with Gasteiger partial charge in [0.15, 0.2) is 0 Å². The van der Waals surface area contributed by atoms with Crippen LogP contribution in [0.5, 0.6) is 5.75 Å². The molecule has 2 aromatic rings. The van der Waals surface area contributed by atoms with Crippen LogP contribution in [0, 0.1) is 6.92 Å². The van der Waals surface area contributed by atoms with Gasteiger partial charge in [-0.3, -0.25) is 4.79 Å². The number of phenolic OH excluding ortho intramolecular Hbond substituents is 1. The Bertz CT molecular complexity index is 691. The zero-order chi connectivity index (χ0) is 16.9. The van der Waals surface area contributed by atoms with Crippen molar-refractivity contribution >= 4 is 17.7 Å². The lowest BCUT2D eigenvalue weighted by molar-refractivity contribution is -0.119. The summed E-state index contributed by atoms with van der Waals surface area (Å²) in [7, 11) is 0. The summed E-state index contributed by atoms with van der Waals surface area (Å²) < 4.78 is 5.70. The van der Waals surface area contributed by atoms with Gasteiger partial charge < -0.3 is 14.8 Å². The second-order valence-electron chi connectivity index (χ2n) is 6.11. The molecule has 0 unspecified atom stereocenters. The van der Waals surface area contributed by atoms with Gasteiger partial charge in [0.1, 0.15) is 11.5 Å². The van der Waals surface area contributed by atoms with Crippen molar-refractivity contribution in [3.63, 3.8) is 0 Å². The summed E-state index contributed by atoms with van der Waals surface area (Å²) in [5.41, 5.74) is 1.68. The molecule has 0 atom stereocenters. The van der Waals surface area contributed by atoms with E-state index in [1.54, 1.807) is 36.0 Å². The monoisotopic (exact) mass is 346 g/mol. The lowest BCUT2D eigenvalue weighted by Crippen LogP contribution is -2.33. The normalized spacial score (nSPS) is 14.9. The van der Waals surface area contributed by atoms with E-state index in [2.05, 4.69) is 10.3 Å². The van der Waals surface area contributed by atoms with Gasteiger partial charge in [-0.15, -0.1) is 11.8 Å². The first kappa shape index (κ1) is 16.9. The summed E-state index contributed by atoms with van der Waals surface area (Å²) in [5.74, 6) is 2.71. The smallest absolute Gasteiger partial charge is 0.230 e. The molecule has 3 rings (SSSR count). The van der Waals surface area contributed by atoms with E-state index in [9.17, 15) is 9.90 Å². The molecule has 1 amide bonds. The van der Waals surface area contributed by atoms with E-state index >= 15 is 0 Å². The number of hydrogen-bond acceptors (Lipinski definition) is 5. The molecule has 128 valence electrons. The first-order valence-corrected chi connectivity index (χ1v) is 9.40. The van der Waals surface area contributed by atoms with Crippen molar-refractivity contribution in [3.05, 3.63) is 35.7 Å². The van der Waals surface area contributed by atoms with Gasteiger partial charge in [0.05, 0.1) is 11.4 Å². The van der Waals surface area contributed by atoms with Crippen LogP contribution in [0.3, 0.4) is 0 Å². The van der Waals surface area contributed by atoms with E-state index in [-0.39, 0.29) is 11.7 Å². The Hall–Kier alpha value is -1.95. The van der Waals surface area contributed by atoms with Gasteiger partial charge in [0.25, 0.3) is 0 Å². The third kappa shape index (κ3) is 4.32. The molecule has 24 heavy (non-hydrogen) atoms. The molecule has 1 heterocycles. The lowest BCUT2D eigenvalue weighted by atomic mass is 10.2. The SMILES string of the molecule is Cc1oc(-c2ccc(O)cc2)nc1CSCC(=O)NC1CCCC1. The van der Waals surface area contributed by atoms with E-state index in [1.807, 2.05) is 6.92 Å². The number of thioether (sulfide) groups is 1. The van der Waals surface area contributed by atoms with Crippen molar-refractivity contribution in [2.45, 2.75) is 44.4 Å². The van der Waals surface area contributed by atoms with E-state index in [1.165, 1.54) is 12.8 Å². The maximum Gasteiger partial charge on any atom is 0.230 e. The maximum absolute atomic E-state index is 11.9. The van der Waals surface area contributed by atoms with Crippen LogP contribution in [-0.4, -0.2) is 27.8 Å². The number of amides is 1. The maximum atomic E-state index is 11.9. The van der Waals surface area contributed by atoms with Gasteiger partial charge in [-0.2, -0.15) is 0 Å². The van der Waals surface area contributed by atoms with Crippen LogP contribution in [0.15, 0.2) is 28.7 Å². The number of carbonyl (C=O) groups is 1. The van der Waals surface area contributed by atoms with E-state index in [4.69, 9.17) is 4.42 Å². The van der Waals surface area contributed by atoms with Crippen LogP contribution in [0.4, 0.5) is 0 Å². The van der Waals surface area contributed by atoms with E-state index in [0.29, 0.717) is 23.4 Å². The Morgan fingerprint density at radius 2 is 2.04 bits per heavy atom. The minimum Gasteiger partial charge on any atom is -0.508 e.